The molecule has 0 radical (unpaired) electrons. The van der Waals surface area contributed by atoms with Crippen molar-refractivity contribution in [2.24, 2.45) is 0 Å². The van der Waals surface area contributed by atoms with E-state index in [0.29, 0.717) is 24.8 Å². The number of nitrogens with two attached hydrogens (primary N) is 1. The average Bonchev–Trinajstić information content (AvgIpc) is 2.32. The second kappa shape index (κ2) is 5.18. The Labute approximate surface area is 101 Å². The fourth-order valence-corrected chi connectivity index (χ4v) is 1.89. The maximum Gasteiger partial charge on any atom is 0.242 e. The molecule has 2 rings (SSSR count). The number of nitrogens with zero attached hydrogens (tertiary/aromatic N) is 3. The molecule has 0 spiro atoms. The van der Waals surface area contributed by atoms with Crippen molar-refractivity contribution in [3.8, 4) is 5.88 Å². The summed E-state index contributed by atoms with van der Waals surface area (Å²) in [6, 6.07) is 0. The van der Waals surface area contributed by atoms with Crippen molar-refractivity contribution >= 4 is 11.5 Å². The third-order valence-corrected chi connectivity index (χ3v) is 2.65. The molecule has 0 aromatic carbocycles. The summed E-state index contributed by atoms with van der Waals surface area (Å²) in [6.07, 6.45) is 1.67. The van der Waals surface area contributed by atoms with E-state index < -0.39 is 0 Å². The second-order valence-electron chi connectivity index (χ2n) is 3.98. The third kappa shape index (κ3) is 2.58. The van der Waals surface area contributed by atoms with Gasteiger partial charge in [-0.25, -0.2) is 4.98 Å². The quantitative estimate of drug-likeness (QED) is 0.835. The summed E-state index contributed by atoms with van der Waals surface area (Å²) in [5.41, 5.74) is 6.52. The van der Waals surface area contributed by atoms with Gasteiger partial charge in [-0.15, -0.1) is 0 Å². The van der Waals surface area contributed by atoms with Crippen molar-refractivity contribution < 1.29 is 9.47 Å². The van der Waals surface area contributed by atoms with Crippen LogP contribution in [0.3, 0.4) is 0 Å². The normalized spacial score (nSPS) is 20.4. The van der Waals surface area contributed by atoms with Crippen molar-refractivity contribution in [1.29, 1.82) is 0 Å². The van der Waals surface area contributed by atoms with Crippen LogP contribution in [0.4, 0.5) is 11.5 Å². The van der Waals surface area contributed by atoms with Crippen LogP contribution >= 0.6 is 0 Å². The Morgan fingerprint density at radius 3 is 3.12 bits per heavy atom. The van der Waals surface area contributed by atoms with E-state index in [4.69, 9.17) is 15.2 Å². The van der Waals surface area contributed by atoms with E-state index in [1.807, 2.05) is 13.8 Å². The van der Waals surface area contributed by atoms with Crippen LogP contribution in [0.2, 0.25) is 0 Å². The molecule has 1 saturated heterocycles. The first kappa shape index (κ1) is 11.9. The van der Waals surface area contributed by atoms with E-state index in [-0.39, 0.29) is 6.10 Å². The van der Waals surface area contributed by atoms with Crippen LogP contribution in [0.25, 0.3) is 0 Å². The topological polar surface area (TPSA) is 73.5 Å². The maximum atomic E-state index is 6.01. The van der Waals surface area contributed by atoms with Crippen molar-refractivity contribution in [3.05, 3.63) is 6.33 Å². The van der Waals surface area contributed by atoms with Gasteiger partial charge < -0.3 is 20.1 Å². The summed E-state index contributed by atoms with van der Waals surface area (Å²) < 4.78 is 10.9. The van der Waals surface area contributed by atoms with Gasteiger partial charge in [0, 0.05) is 13.1 Å². The van der Waals surface area contributed by atoms with Gasteiger partial charge in [-0.05, 0) is 13.8 Å². The number of aromatic nitrogens is 2. The minimum absolute atomic E-state index is 0.189. The Morgan fingerprint density at radius 2 is 2.41 bits per heavy atom. The van der Waals surface area contributed by atoms with Crippen LogP contribution < -0.4 is 15.4 Å². The van der Waals surface area contributed by atoms with Gasteiger partial charge in [-0.3, -0.25) is 0 Å². The highest BCUT2D eigenvalue weighted by molar-refractivity contribution is 5.67. The van der Waals surface area contributed by atoms with E-state index in [9.17, 15) is 0 Å². The van der Waals surface area contributed by atoms with Crippen molar-refractivity contribution in [3.63, 3.8) is 0 Å². The molecule has 2 heterocycles. The zero-order valence-electron chi connectivity index (χ0n) is 10.2. The van der Waals surface area contributed by atoms with Crippen molar-refractivity contribution in [2.75, 3.05) is 36.9 Å². The van der Waals surface area contributed by atoms with Gasteiger partial charge in [0.05, 0.1) is 19.3 Å². The molecule has 94 valence electrons. The maximum absolute atomic E-state index is 6.01. The van der Waals surface area contributed by atoms with Crippen LogP contribution in [-0.2, 0) is 4.74 Å². The molecule has 0 amide bonds. The molecule has 17 heavy (non-hydrogen) atoms. The highest BCUT2D eigenvalue weighted by Crippen LogP contribution is 2.28. The summed E-state index contributed by atoms with van der Waals surface area (Å²) in [6.45, 7) is 6.74. The van der Waals surface area contributed by atoms with Gasteiger partial charge in [0.15, 0.2) is 5.82 Å². The standard InChI is InChI=1S/C11H18N4O2/c1-3-16-11-9(12)10(13-7-14-11)15-4-5-17-8(2)6-15/h7-8H,3-6,12H2,1-2H3. The van der Waals surface area contributed by atoms with Crippen LogP contribution in [0.1, 0.15) is 13.8 Å². The van der Waals surface area contributed by atoms with E-state index in [1.165, 1.54) is 6.33 Å². The van der Waals surface area contributed by atoms with Gasteiger partial charge in [0.2, 0.25) is 5.88 Å². The lowest BCUT2D eigenvalue weighted by Gasteiger charge is -2.32. The molecule has 1 aromatic heterocycles. The third-order valence-electron chi connectivity index (χ3n) is 2.65. The summed E-state index contributed by atoms with van der Waals surface area (Å²) in [7, 11) is 0. The summed E-state index contributed by atoms with van der Waals surface area (Å²) in [5.74, 6) is 1.19. The summed E-state index contributed by atoms with van der Waals surface area (Å²) >= 11 is 0. The highest BCUT2D eigenvalue weighted by atomic mass is 16.5. The Morgan fingerprint density at radius 1 is 1.59 bits per heavy atom. The van der Waals surface area contributed by atoms with Crippen molar-refractivity contribution in [2.45, 2.75) is 20.0 Å². The van der Waals surface area contributed by atoms with Crippen LogP contribution in [0, 0.1) is 0 Å². The molecule has 1 fully saturated rings. The molecule has 0 aliphatic carbocycles. The Kier molecular flexibility index (Phi) is 3.63. The van der Waals surface area contributed by atoms with E-state index in [0.717, 1.165) is 18.9 Å². The van der Waals surface area contributed by atoms with Crippen LogP contribution in [-0.4, -0.2) is 42.4 Å². The minimum Gasteiger partial charge on any atom is -0.476 e. The highest BCUT2D eigenvalue weighted by Gasteiger charge is 2.21. The van der Waals surface area contributed by atoms with E-state index in [1.54, 1.807) is 0 Å². The molecule has 1 atom stereocenters. The monoisotopic (exact) mass is 238 g/mol. The lowest BCUT2D eigenvalue weighted by molar-refractivity contribution is 0.0529. The Bertz CT molecular complexity index is 386. The predicted octanol–water partition coefficient (Wildman–Crippen LogP) is 0.683. The first-order valence-corrected chi connectivity index (χ1v) is 5.82. The van der Waals surface area contributed by atoms with Gasteiger partial charge in [0.25, 0.3) is 0 Å². The average molecular weight is 238 g/mol. The number of anilines is 2. The number of morpholine rings is 1. The predicted molar refractivity (Wildman–Crippen MR) is 65.2 cm³/mol. The Balaban J connectivity index is 2.22. The minimum atomic E-state index is 0.189. The van der Waals surface area contributed by atoms with Crippen molar-refractivity contribution in [1.82, 2.24) is 9.97 Å². The fourth-order valence-electron chi connectivity index (χ4n) is 1.89. The smallest absolute Gasteiger partial charge is 0.242 e. The van der Waals surface area contributed by atoms with Gasteiger partial charge in [0.1, 0.15) is 12.0 Å². The molecule has 2 N–H and O–H groups in total. The number of rotatable bonds is 3. The van der Waals surface area contributed by atoms with Gasteiger partial charge in [-0.1, -0.05) is 0 Å². The first-order valence-electron chi connectivity index (χ1n) is 5.82. The van der Waals surface area contributed by atoms with Crippen LogP contribution in [0.5, 0.6) is 5.88 Å². The number of ether oxygens (including phenoxy) is 2. The summed E-state index contributed by atoms with van der Waals surface area (Å²) in [5, 5.41) is 0. The zero-order chi connectivity index (χ0) is 12.3. The Hall–Kier alpha value is -1.56. The number of hydrogen-bond donors (Lipinski definition) is 1. The fraction of sp³-hybridized carbons (Fsp3) is 0.636. The molecule has 1 aliphatic rings. The first-order chi connectivity index (χ1) is 8.22. The molecule has 1 aromatic rings. The molecule has 1 unspecified atom stereocenters. The lowest BCUT2D eigenvalue weighted by Crippen LogP contribution is -2.41. The molecular formula is C11H18N4O2. The second-order valence-corrected chi connectivity index (χ2v) is 3.98. The lowest BCUT2D eigenvalue weighted by atomic mass is 10.3. The van der Waals surface area contributed by atoms with Gasteiger partial charge in [-0.2, -0.15) is 4.98 Å². The molecule has 6 heteroatoms. The number of hydrogen-bond acceptors (Lipinski definition) is 6. The molecule has 0 bridgehead atoms. The van der Waals surface area contributed by atoms with Gasteiger partial charge >= 0.3 is 0 Å². The molecular weight excluding hydrogens is 220 g/mol. The van der Waals surface area contributed by atoms with Crippen LogP contribution in [0.15, 0.2) is 6.33 Å². The molecule has 0 saturated carbocycles. The largest absolute Gasteiger partial charge is 0.476 e. The van der Waals surface area contributed by atoms with E-state index >= 15 is 0 Å². The van der Waals surface area contributed by atoms with E-state index in [2.05, 4.69) is 14.9 Å². The zero-order valence-corrected chi connectivity index (χ0v) is 10.2. The SMILES string of the molecule is CCOc1ncnc(N2CCOC(C)C2)c1N. The molecule has 1 aliphatic heterocycles. The number of nitrogen functional groups attached to an aromatic ring is 1. The molecule has 6 nitrogen and oxygen atoms in total. The summed E-state index contributed by atoms with van der Waals surface area (Å²) in [4.78, 5) is 10.4.